The van der Waals surface area contributed by atoms with Crippen LogP contribution in [0.25, 0.3) is 10.9 Å². The van der Waals surface area contributed by atoms with Gasteiger partial charge in [-0.25, -0.2) is 4.98 Å². The lowest BCUT2D eigenvalue weighted by molar-refractivity contribution is -0.0428. The number of fused-ring (bicyclic) bond motifs is 1. The molecule has 0 radical (unpaired) electrons. The van der Waals surface area contributed by atoms with Crippen LogP contribution in [0.4, 0.5) is 5.82 Å². The topological polar surface area (TPSA) is 93.5 Å². The van der Waals surface area contributed by atoms with Gasteiger partial charge in [0.1, 0.15) is 18.1 Å². The molecule has 18 heavy (non-hydrogen) atoms. The number of aliphatic hydroxyl groups excluding tert-OH is 2. The van der Waals surface area contributed by atoms with Crippen molar-refractivity contribution in [3.63, 3.8) is 0 Å². The smallest absolute Gasteiger partial charge is 0.137 e. The number of nitrogens with two attached hydrogens (primary N) is 1. The fourth-order valence-electron chi connectivity index (χ4n) is 2.41. The van der Waals surface area contributed by atoms with Crippen molar-refractivity contribution in [3.05, 3.63) is 24.5 Å². The van der Waals surface area contributed by atoms with Crippen molar-refractivity contribution in [3.8, 4) is 0 Å². The molecule has 0 bridgehead atoms. The quantitative estimate of drug-likeness (QED) is 0.709. The molecule has 6 heteroatoms. The highest BCUT2D eigenvalue weighted by molar-refractivity contribution is 5.89. The van der Waals surface area contributed by atoms with Crippen LogP contribution in [0.2, 0.25) is 0 Å². The molecule has 0 spiro atoms. The van der Waals surface area contributed by atoms with Crippen molar-refractivity contribution in [1.29, 1.82) is 0 Å². The summed E-state index contributed by atoms with van der Waals surface area (Å²) in [4.78, 5) is 4.03. The summed E-state index contributed by atoms with van der Waals surface area (Å²) in [6.07, 6.45) is 2.51. The van der Waals surface area contributed by atoms with E-state index in [4.69, 9.17) is 15.6 Å². The Kier molecular flexibility index (Phi) is 2.70. The van der Waals surface area contributed by atoms with Gasteiger partial charge in [0.15, 0.2) is 0 Å². The molecule has 96 valence electrons. The SMILES string of the molecule is Nc1nccc2c1ccn2[C@H]1C[C@H](O)[C@@H](CO)O1. The highest BCUT2D eigenvalue weighted by Crippen LogP contribution is 2.32. The normalized spacial score (nSPS) is 28.0. The molecule has 1 aliphatic rings. The van der Waals surface area contributed by atoms with E-state index < -0.39 is 12.2 Å². The summed E-state index contributed by atoms with van der Waals surface area (Å²) in [7, 11) is 0. The second-order valence-corrected chi connectivity index (χ2v) is 4.47. The standard InChI is InChI=1S/C12H15N3O3/c13-12-7-2-4-15(8(7)1-3-14-12)11-5-9(17)10(6-16)18-11/h1-4,9-11,16-17H,5-6H2,(H2,13,14)/t9-,10+,11+/m0/s1. The van der Waals surface area contributed by atoms with Crippen molar-refractivity contribution < 1.29 is 14.9 Å². The third kappa shape index (κ3) is 1.66. The number of aliphatic hydroxyl groups is 2. The molecule has 0 amide bonds. The number of pyridine rings is 1. The second-order valence-electron chi connectivity index (χ2n) is 4.47. The van der Waals surface area contributed by atoms with Gasteiger partial charge in [0, 0.05) is 24.2 Å². The zero-order valence-corrected chi connectivity index (χ0v) is 9.73. The van der Waals surface area contributed by atoms with Gasteiger partial charge in [-0.1, -0.05) is 0 Å². The minimum Gasteiger partial charge on any atom is -0.394 e. The zero-order valence-electron chi connectivity index (χ0n) is 9.73. The summed E-state index contributed by atoms with van der Waals surface area (Å²) >= 11 is 0. The average Bonchev–Trinajstić information content (AvgIpc) is 2.93. The van der Waals surface area contributed by atoms with E-state index in [1.165, 1.54) is 0 Å². The van der Waals surface area contributed by atoms with E-state index in [0.29, 0.717) is 12.2 Å². The van der Waals surface area contributed by atoms with Gasteiger partial charge in [-0.2, -0.15) is 0 Å². The predicted octanol–water partition coefficient (Wildman–Crippen LogP) is 0.259. The summed E-state index contributed by atoms with van der Waals surface area (Å²) in [6, 6.07) is 3.73. The van der Waals surface area contributed by atoms with Crippen LogP contribution in [0.15, 0.2) is 24.5 Å². The molecule has 1 saturated heterocycles. The third-order valence-electron chi connectivity index (χ3n) is 3.37. The zero-order chi connectivity index (χ0) is 12.7. The summed E-state index contributed by atoms with van der Waals surface area (Å²) in [5, 5.41) is 19.7. The Morgan fingerprint density at radius 1 is 1.50 bits per heavy atom. The maximum Gasteiger partial charge on any atom is 0.137 e. The van der Waals surface area contributed by atoms with Gasteiger partial charge in [0.2, 0.25) is 0 Å². The fourth-order valence-corrected chi connectivity index (χ4v) is 2.41. The Morgan fingerprint density at radius 3 is 3.06 bits per heavy atom. The third-order valence-corrected chi connectivity index (χ3v) is 3.37. The Balaban J connectivity index is 1.99. The first kappa shape index (κ1) is 11.5. The van der Waals surface area contributed by atoms with Gasteiger partial charge < -0.3 is 25.3 Å². The maximum atomic E-state index is 9.75. The molecule has 1 aliphatic heterocycles. The molecule has 2 aromatic rings. The van der Waals surface area contributed by atoms with E-state index in [-0.39, 0.29) is 12.8 Å². The largest absolute Gasteiger partial charge is 0.394 e. The Hall–Kier alpha value is -1.63. The van der Waals surface area contributed by atoms with Crippen LogP contribution in [0.3, 0.4) is 0 Å². The van der Waals surface area contributed by atoms with Crippen LogP contribution in [0.1, 0.15) is 12.6 Å². The van der Waals surface area contributed by atoms with Gasteiger partial charge in [-0.3, -0.25) is 0 Å². The lowest BCUT2D eigenvalue weighted by Crippen LogP contribution is -2.24. The molecular weight excluding hydrogens is 234 g/mol. The van der Waals surface area contributed by atoms with Gasteiger partial charge >= 0.3 is 0 Å². The first-order valence-corrected chi connectivity index (χ1v) is 5.86. The monoisotopic (exact) mass is 249 g/mol. The fraction of sp³-hybridized carbons (Fsp3) is 0.417. The summed E-state index contributed by atoms with van der Waals surface area (Å²) in [5.74, 6) is 0.475. The van der Waals surface area contributed by atoms with E-state index in [1.807, 2.05) is 22.9 Å². The number of ether oxygens (including phenoxy) is 1. The maximum absolute atomic E-state index is 9.75. The Morgan fingerprint density at radius 2 is 2.33 bits per heavy atom. The first-order chi connectivity index (χ1) is 8.70. The number of rotatable bonds is 2. The number of anilines is 1. The first-order valence-electron chi connectivity index (χ1n) is 5.86. The number of nitrogens with zero attached hydrogens (tertiary/aromatic N) is 2. The highest BCUT2D eigenvalue weighted by atomic mass is 16.5. The molecule has 4 N–H and O–H groups in total. The highest BCUT2D eigenvalue weighted by Gasteiger charge is 2.34. The van der Waals surface area contributed by atoms with Gasteiger partial charge in [-0.15, -0.1) is 0 Å². The van der Waals surface area contributed by atoms with Crippen LogP contribution < -0.4 is 5.73 Å². The molecule has 3 atom stereocenters. The molecule has 2 aromatic heterocycles. The molecule has 6 nitrogen and oxygen atoms in total. The minimum absolute atomic E-state index is 0.180. The second kappa shape index (κ2) is 4.24. The van der Waals surface area contributed by atoms with E-state index >= 15 is 0 Å². The molecular formula is C12H15N3O3. The minimum atomic E-state index is -0.642. The van der Waals surface area contributed by atoms with Crippen molar-refractivity contribution >= 4 is 16.7 Å². The number of aromatic nitrogens is 2. The number of hydrogen-bond acceptors (Lipinski definition) is 5. The van der Waals surface area contributed by atoms with Crippen LogP contribution in [0.5, 0.6) is 0 Å². The van der Waals surface area contributed by atoms with Crippen LogP contribution >= 0.6 is 0 Å². The van der Waals surface area contributed by atoms with Crippen molar-refractivity contribution in [1.82, 2.24) is 9.55 Å². The summed E-state index contributed by atoms with van der Waals surface area (Å²) in [6.45, 7) is -0.180. The van der Waals surface area contributed by atoms with Crippen molar-refractivity contribution in [2.45, 2.75) is 24.9 Å². The Bertz CT molecular complexity index is 569. The number of nitrogen functional groups attached to an aromatic ring is 1. The van der Waals surface area contributed by atoms with Gasteiger partial charge in [0.05, 0.1) is 18.2 Å². The van der Waals surface area contributed by atoms with Crippen LogP contribution in [-0.2, 0) is 4.74 Å². The summed E-state index contributed by atoms with van der Waals surface area (Å²) < 4.78 is 7.53. The molecule has 0 saturated carbocycles. The van der Waals surface area contributed by atoms with E-state index in [0.717, 1.165) is 10.9 Å². The summed E-state index contributed by atoms with van der Waals surface area (Å²) in [5.41, 5.74) is 6.71. The molecule has 0 aliphatic carbocycles. The van der Waals surface area contributed by atoms with Crippen LogP contribution in [0, 0.1) is 0 Å². The molecule has 3 rings (SSSR count). The Labute approximate surface area is 104 Å². The average molecular weight is 249 g/mol. The molecule has 0 unspecified atom stereocenters. The van der Waals surface area contributed by atoms with Gasteiger partial charge in [0.25, 0.3) is 0 Å². The lowest BCUT2D eigenvalue weighted by Gasteiger charge is -2.15. The molecule has 1 fully saturated rings. The lowest BCUT2D eigenvalue weighted by atomic mass is 10.2. The van der Waals surface area contributed by atoms with Crippen molar-refractivity contribution in [2.75, 3.05) is 12.3 Å². The van der Waals surface area contributed by atoms with Crippen molar-refractivity contribution in [2.24, 2.45) is 0 Å². The van der Waals surface area contributed by atoms with E-state index in [9.17, 15) is 5.11 Å². The van der Waals surface area contributed by atoms with E-state index in [1.54, 1.807) is 6.20 Å². The molecule has 3 heterocycles. The predicted molar refractivity (Wildman–Crippen MR) is 65.8 cm³/mol. The van der Waals surface area contributed by atoms with Gasteiger partial charge in [-0.05, 0) is 12.1 Å². The van der Waals surface area contributed by atoms with E-state index in [2.05, 4.69) is 4.98 Å². The van der Waals surface area contributed by atoms with Crippen LogP contribution in [-0.4, -0.2) is 38.6 Å². The number of hydrogen-bond donors (Lipinski definition) is 3. The molecule has 0 aromatic carbocycles.